The van der Waals surface area contributed by atoms with E-state index in [2.05, 4.69) is 16.0 Å². The average Bonchev–Trinajstić information content (AvgIpc) is 2.82. The lowest BCUT2D eigenvalue weighted by Crippen LogP contribution is -2.57. The van der Waals surface area contributed by atoms with Crippen LogP contribution in [-0.2, 0) is 25.6 Å². The van der Waals surface area contributed by atoms with Crippen LogP contribution in [0.3, 0.4) is 0 Å². The Kier molecular flexibility index (Phi) is 14.3. The molecule has 1 rings (SSSR count). The molecular weight excluding hydrogens is 480 g/mol. The largest absolute Gasteiger partial charge is 0.480 e. The van der Waals surface area contributed by atoms with Crippen molar-refractivity contribution in [1.82, 2.24) is 16.0 Å². The number of aliphatic carboxylic acids is 1. The van der Waals surface area contributed by atoms with Crippen molar-refractivity contribution in [1.29, 1.82) is 0 Å². The number of aliphatic hydroxyl groups excluding tert-OH is 1. The first-order chi connectivity index (χ1) is 16.2. The van der Waals surface area contributed by atoms with E-state index in [-0.39, 0.29) is 6.42 Å². The summed E-state index contributed by atoms with van der Waals surface area (Å²) in [6.07, 6.45) is 4.57. The molecule has 0 saturated carbocycles. The number of carbonyl (C=O) groups excluding carboxylic acids is 3. The molecule has 7 N–H and O–H groups in total. The molecular formula is C22H34N4O6S2. The van der Waals surface area contributed by atoms with E-state index in [0.717, 1.165) is 5.56 Å². The van der Waals surface area contributed by atoms with Crippen LogP contribution in [0.25, 0.3) is 0 Å². The first-order valence-corrected chi connectivity index (χ1v) is 13.5. The second-order valence-corrected chi connectivity index (χ2v) is 9.53. The highest BCUT2D eigenvalue weighted by atomic mass is 32.2. The maximum atomic E-state index is 13.0. The Bertz CT molecular complexity index is 799. The molecule has 1 aromatic rings. The molecule has 0 aliphatic carbocycles. The summed E-state index contributed by atoms with van der Waals surface area (Å²) in [5.41, 5.74) is 6.93. The third kappa shape index (κ3) is 10.8. The fraction of sp³-hybridized carbons (Fsp3) is 0.545. The minimum Gasteiger partial charge on any atom is -0.480 e. The van der Waals surface area contributed by atoms with Gasteiger partial charge in [0.2, 0.25) is 17.7 Å². The third-order valence-corrected chi connectivity index (χ3v) is 6.21. The van der Waals surface area contributed by atoms with Crippen LogP contribution < -0.4 is 21.7 Å². The van der Waals surface area contributed by atoms with Crippen molar-refractivity contribution in [3.8, 4) is 0 Å². The predicted octanol–water partition coefficient (Wildman–Crippen LogP) is -0.406. The fourth-order valence-electron chi connectivity index (χ4n) is 2.98. The summed E-state index contributed by atoms with van der Waals surface area (Å²) in [5.74, 6) is -2.05. The lowest BCUT2D eigenvalue weighted by Gasteiger charge is -2.25. The first-order valence-electron chi connectivity index (χ1n) is 10.8. The van der Waals surface area contributed by atoms with E-state index in [1.165, 1.54) is 23.5 Å². The molecule has 0 radical (unpaired) electrons. The SMILES string of the molecule is CSCCC(NC(=O)C(N)Cc1ccccc1)C(=O)NC(CCSC)C(=O)NC(CO)C(=O)O. The highest BCUT2D eigenvalue weighted by molar-refractivity contribution is 7.98. The Labute approximate surface area is 208 Å². The number of nitrogens with two attached hydrogens (primary N) is 1. The molecule has 0 bridgehead atoms. The minimum atomic E-state index is -1.48. The van der Waals surface area contributed by atoms with E-state index in [0.29, 0.717) is 24.3 Å². The lowest BCUT2D eigenvalue weighted by atomic mass is 10.1. The number of aliphatic hydroxyl groups is 1. The van der Waals surface area contributed by atoms with E-state index in [1.54, 1.807) is 0 Å². The fourth-order valence-corrected chi connectivity index (χ4v) is 3.92. The van der Waals surface area contributed by atoms with Gasteiger partial charge in [0.05, 0.1) is 12.6 Å². The number of nitrogens with one attached hydrogen (secondary N) is 3. The van der Waals surface area contributed by atoms with Gasteiger partial charge in [-0.15, -0.1) is 0 Å². The zero-order valence-corrected chi connectivity index (χ0v) is 21.0. The van der Waals surface area contributed by atoms with Crippen molar-refractivity contribution in [2.45, 2.75) is 43.4 Å². The molecule has 0 aliphatic rings. The molecule has 190 valence electrons. The molecule has 0 aromatic heterocycles. The Morgan fingerprint density at radius 2 is 1.32 bits per heavy atom. The van der Waals surface area contributed by atoms with Gasteiger partial charge in [-0.05, 0) is 48.8 Å². The Morgan fingerprint density at radius 1 is 0.853 bits per heavy atom. The predicted molar refractivity (Wildman–Crippen MR) is 135 cm³/mol. The van der Waals surface area contributed by atoms with Gasteiger partial charge in [-0.2, -0.15) is 23.5 Å². The molecule has 3 amide bonds. The molecule has 0 saturated heterocycles. The Morgan fingerprint density at radius 3 is 1.76 bits per heavy atom. The van der Waals surface area contributed by atoms with Gasteiger partial charge in [0.15, 0.2) is 0 Å². The van der Waals surface area contributed by atoms with Gasteiger partial charge in [-0.3, -0.25) is 14.4 Å². The average molecular weight is 515 g/mol. The van der Waals surface area contributed by atoms with E-state index in [4.69, 9.17) is 10.8 Å². The maximum Gasteiger partial charge on any atom is 0.328 e. The normalized spacial score (nSPS) is 14.4. The van der Waals surface area contributed by atoms with Crippen molar-refractivity contribution in [2.75, 3.05) is 30.6 Å². The van der Waals surface area contributed by atoms with Crippen molar-refractivity contribution in [3.63, 3.8) is 0 Å². The molecule has 4 atom stereocenters. The van der Waals surface area contributed by atoms with Crippen LogP contribution in [-0.4, -0.2) is 88.7 Å². The van der Waals surface area contributed by atoms with Crippen LogP contribution in [0, 0.1) is 0 Å². The van der Waals surface area contributed by atoms with Crippen LogP contribution in [0.1, 0.15) is 18.4 Å². The van der Waals surface area contributed by atoms with E-state index < -0.39 is 54.5 Å². The number of carbonyl (C=O) groups is 4. The van der Waals surface area contributed by atoms with Gasteiger partial charge in [0.1, 0.15) is 18.1 Å². The Balaban J connectivity index is 2.88. The van der Waals surface area contributed by atoms with Crippen LogP contribution in [0.4, 0.5) is 0 Å². The number of hydrogen-bond acceptors (Lipinski definition) is 8. The Hall–Kier alpha value is -2.28. The van der Waals surface area contributed by atoms with E-state index in [1.807, 2.05) is 42.8 Å². The van der Waals surface area contributed by atoms with Gasteiger partial charge < -0.3 is 31.9 Å². The summed E-state index contributed by atoms with van der Waals surface area (Å²) < 4.78 is 0. The molecule has 4 unspecified atom stereocenters. The first kappa shape index (κ1) is 29.8. The van der Waals surface area contributed by atoms with Crippen molar-refractivity contribution >= 4 is 47.2 Å². The number of hydrogen-bond donors (Lipinski definition) is 6. The van der Waals surface area contributed by atoms with Crippen molar-refractivity contribution < 1.29 is 29.4 Å². The molecule has 10 nitrogen and oxygen atoms in total. The van der Waals surface area contributed by atoms with E-state index in [9.17, 15) is 24.3 Å². The van der Waals surface area contributed by atoms with Gasteiger partial charge >= 0.3 is 5.97 Å². The molecule has 0 fully saturated rings. The van der Waals surface area contributed by atoms with Crippen LogP contribution in [0.2, 0.25) is 0 Å². The van der Waals surface area contributed by atoms with Crippen molar-refractivity contribution in [3.05, 3.63) is 35.9 Å². The lowest BCUT2D eigenvalue weighted by molar-refractivity contribution is -0.143. The summed E-state index contributed by atoms with van der Waals surface area (Å²) in [6.45, 7) is -0.782. The summed E-state index contributed by atoms with van der Waals surface area (Å²) >= 11 is 2.96. The zero-order valence-electron chi connectivity index (χ0n) is 19.4. The van der Waals surface area contributed by atoms with Crippen LogP contribution in [0.15, 0.2) is 30.3 Å². The van der Waals surface area contributed by atoms with E-state index >= 15 is 0 Å². The monoisotopic (exact) mass is 514 g/mol. The second-order valence-electron chi connectivity index (χ2n) is 7.56. The molecule has 34 heavy (non-hydrogen) atoms. The third-order valence-electron chi connectivity index (χ3n) is 4.92. The van der Waals surface area contributed by atoms with Gasteiger partial charge in [-0.1, -0.05) is 30.3 Å². The maximum absolute atomic E-state index is 13.0. The highest BCUT2D eigenvalue weighted by Crippen LogP contribution is 2.07. The number of rotatable bonds is 16. The van der Waals surface area contributed by atoms with Crippen LogP contribution >= 0.6 is 23.5 Å². The topological polar surface area (TPSA) is 171 Å². The molecule has 0 aliphatic heterocycles. The van der Waals surface area contributed by atoms with Gasteiger partial charge in [0.25, 0.3) is 0 Å². The molecule has 0 heterocycles. The number of carboxylic acid groups (broad SMARTS) is 1. The smallest absolute Gasteiger partial charge is 0.328 e. The van der Waals surface area contributed by atoms with Crippen LogP contribution in [0.5, 0.6) is 0 Å². The summed E-state index contributed by atoms with van der Waals surface area (Å²) in [4.78, 5) is 49.4. The zero-order chi connectivity index (χ0) is 25.5. The standard InChI is InChI=1S/C22H34N4O6S2/c1-33-10-8-16(24-19(28)15(23)12-14-6-4-3-5-7-14)20(29)25-17(9-11-34-2)21(30)26-18(13-27)22(31)32/h3-7,15-18,27H,8-13,23H2,1-2H3,(H,24,28)(H,25,29)(H,26,30)(H,31,32). The minimum absolute atomic E-state index is 0.243. The molecule has 12 heteroatoms. The van der Waals surface area contributed by atoms with Gasteiger partial charge in [-0.25, -0.2) is 4.79 Å². The summed E-state index contributed by atoms with van der Waals surface area (Å²) in [7, 11) is 0. The number of amides is 3. The number of carboxylic acids is 1. The summed E-state index contributed by atoms with van der Waals surface area (Å²) in [5, 5.41) is 25.8. The number of thioether (sulfide) groups is 2. The molecule has 0 spiro atoms. The quantitative estimate of drug-likeness (QED) is 0.172. The summed E-state index contributed by atoms with van der Waals surface area (Å²) in [6, 6.07) is 4.99. The molecule has 1 aromatic carbocycles. The van der Waals surface area contributed by atoms with Crippen molar-refractivity contribution in [2.24, 2.45) is 5.73 Å². The van der Waals surface area contributed by atoms with Gasteiger partial charge in [0, 0.05) is 0 Å². The highest BCUT2D eigenvalue weighted by Gasteiger charge is 2.29. The number of benzene rings is 1. The second kappa shape index (κ2) is 16.4.